The highest BCUT2D eigenvalue weighted by molar-refractivity contribution is 7.89. The highest BCUT2D eigenvalue weighted by Crippen LogP contribution is 2.18. The Morgan fingerprint density at radius 1 is 1.20 bits per heavy atom. The first-order valence-corrected chi connectivity index (χ1v) is 9.06. The predicted molar refractivity (Wildman–Crippen MR) is 89.6 cm³/mol. The molecule has 0 aromatic heterocycles. The van der Waals surface area contributed by atoms with Crippen molar-refractivity contribution in [2.45, 2.75) is 24.8 Å². The molecule has 134 valence electrons. The number of benzene rings is 2. The lowest BCUT2D eigenvalue weighted by atomic mass is 10.2. The third-order valence-electron chi connectivity index (χ3n) is 3.33. The molecule has 0 saturated carbocycles. The van der Waals surface area contributed by atoms with Gasteiger partial charge in [-0.2, -0.15) is 0 Å². The summed E-state index contributed by atoms with van der Waals surface area (Å²) in [7, 11) is -4.19. The molecule has 0 saturated heterocycles. The van der Waals surface area contributed by atoms with Crippen LogP contribution in [0.3, 0.4) is 0 Å². The minimum absolute atomic E-state index is 0.0624. The van der Waals surface area contributed by atoms with Crippen LogP contribution >= 0.6 is 0 Å². The molecule has 25 heavy (non-hydrogen) atoms. The molecule has 2 rings (SSSR count). The van der Waals surface area contributed by atoms with Gasteiger partial charge < -0.3 is 9.84 Å². The average Bonchev–Trinajstić information content (AvgIpc) is 2.59. The van der Waals surface area contributed by atoms with Crippen LogP contribution in [-0.2, 0) is 16.6 Å². The number of carboxylic acid groups (broad SMARTS) is 1. The summed E-state index contributed by atoms with van der Waals surface area (Å²) in [6, 6.07) is 9.43. The largest absolute Gasteiger partial charge is 0.494 e. The van der Waals surface area contributed by atoms with Gasteiger partial charge >= 0.3 is 5.97 Å². The van der Waals surface area contributed by atoms with E-state index >= 15 is 0 Å². The van der Waals surface area contributed by atoms with Crippen LogP contribution in [0, 0.1) is 5.82 Å². The fraction of sp³-hybridized carbons (Fsp3) is 0.235. The van der Waals surface area contributed by atoms with E-state index in [4.69, 9.17) is 9.84 Å². The van der Waals surface area contributed by atoms with Crippen LogP contribution in [0.25, 0.3) is 0 Å². The number of nitrogens with one attached hydrogen (secondary N) is 1. The number of sulfonamides is 1. The lowest BCUT2D eigenvalue weighted by Crippen LogP contribution is -2.24. The van der Waals surface area contributed by atoms with Crippen molar-refractivity contribution in [2.24, 2.45) is 0 Å². The first-order chi connectivity index (χ1) is 11.8. The Hall–Kier alpha value is -2.45. The van der Waals surface area contributed by atoms with Gasteiger partial charge in [0.2, 0.25) is 10.0 Å². The van der Waals surface area contributed by atoms with Crippen molar-refractivity contribution in [1.29, 1.82) is 0 Å². The third-order valence-corrected chi connectivity index (χ3v) is 4.75. The van der Waals surface area contributed by atoms with Crippen LogP contribution < -0.4 is 9.46 Å². The first kappa shape index (κ1) is 18.9. The summed E-state index contributed by atoms with van der Waals surface area (Å²) in [6.45, 7) is 2.51. The van der Waals surface area contributed by atoms with Crippen molar-refractivity contribution in [3.8, 4) is 5.75 Å². The van der Waals surface area contributed by atoms with Gasteiger partial charge in [0.15, 0.2) is 0 Å². The van der Waals surface area contributed by atoms with E-state index in [0.717, 1.165) is 24.6 Å². The minimum atomic E-state index is -4.19. The molecular formula is C17H18FNO5S. The van der Waals surface area contributed by atoms with Gasteiger partial charge in [0.25, 0.3) is 0 Å². The summed E-state index contributed by atoms with van der Waals surface area (Å²) in [6.07, 6.45) is 0.878. The number of aromatic carboxylic acids is 1. The summed E-state index contributed by atoms with van der Waals surface area (Å²) in [5.74, 6) is -1.67. The Balaban J connectivity index is 2.11. The van der Waals surface area contributed by atoms with E-state index in [9.17, 15) is 17.6 Å². The number of hydrogen-bond acceptors (Lipinski definition) is 4. The van der Waals surface area contributed by atoms with Gasteiger partial charge in [-0.1, -0.05) is 19.1 Å². The van der Waals surface area contributed by atoms with Gasteiger partial charge in [-0.05, 0) is 42.3 Å². The molecule has 0 aliphatic heterocycles. The van der Waals surface area contributed by atoms with Crippen LogP contribution in [0.4, 0.5) is 4.39 Å². The number of ether oxygens (including phenoxy) is 1. The molecule has 2 aromatic rings. The lowest BCUT2D eigenvalue weighted by Gasteiger charge is -2.09. The predicted octanol–water partition coefficient (Wildman–Crippen LogP) is 2.79. The summed E-state index contributed by atoms with van der Waals surface area (Å²) < 4.78 is 46.0. The molecule has 0 amide bonds. The minimum Gasteiger partial charge on any atom is -0.494 e. The highest BCUT2D eigenvalue weighted by atomic mass is 32.2. The number of rotatable bonds is 8. The number of halogens is 1. The van der Waals surface area contributed by atoms with Gasteiger partial charge in [-0.25, -0.2) is 22.3 Å². The van der Waals surface area contributed by atoms with Crippen molar-refractivity contribution in [3.63, 3.8) is 0 Å². The van der Waals surface area contributed by atoms with Crippen molar-refractivity contribution in [1.82, 2.24) is 4.72 Å². The Morgan fingerprint density at radius 2 is 1.88 bits per heavy atom. The first-order valence-electron chi connectivity index (χ1n) is 7.57. The summed E-state index contributed by atoms with van der Waals surface area (Å²) in [5.41, 5.74) is 0.349. The van der Waals surface area contributed by atoms with Crippen LogP contribution in [0.2, 0.25) is 0 Å². The molecule has 0 heterocycles. The van der Waals surface area contributed by atoms with Gasteiger partial charge in [0.1, 0.15) is 16.5 Å². The van der Waals surface area contributed by atoms with Crippen molar-refractivity contribution >= 4 is 16.0 Å². The maximum atomic E-state index is 13.8. The summed E-state index contributed by atoms with van der Waals surface area (Å²) in [5, 5.41) is 8.91. The topological polar surface area (TPSA) is 92.7 Å². The molecule has 0 fully saturated rings. The van der Waals surface area contributed by atoms with Gasteiger partial charge in [-0.3, -0.25) is 0 Å². The van der Waals surface area contributed by atoms with Crippen LogP contribution in [0.5, 0.6) is 5.75 Å². The van der Waals surface area contributed by atoms with E-state index in [1.165, 1.54) is 0 Å². The average molecular weight is 367 g/mol. The zero-order valence-electron chi connectivity index (χ0n) is 13.5. The maximum Gasteiger partial charge on any atom is 0.335 e. The van der Waals surface area contributed by atoms with E-state index in [0.29, 0.717) is 17.9 Å². The molecule has 0 bridgehead atoms. The Morgan fingerprint density at radius 3 is 2.48 bits per heavy atom. The highest BCUT2D eigenvalue weighted by Gasteiger charge is 2.20. The molecule has 0 atom stereocenters. The summed E-state index contributed by atoms with van der Waals surface area (Å²) in [4.78, 5) is 10.2. The second kappa shape index (κ2) is 8.09. The molecule has 2 N–H and O–H groups in total. The monoisotopic (exact) mass is 367 g/mol. The van der Waals surface area contributed by atoms with Gasteiger partial charge in [-0.15, -0.1) is 0 Å². The van der Waals surface area contributed by atoms with Crippen molar-refractivity contribution in [2.75, 3.05) is 6.61 Å². The van der Waals surface area contributed by atoms with Gasteiger partial charge in [0.05, 0.1) is 12.2 Å². The van der Waals surface area contributed by atoms with E-state index in [-0.39, 0.29) is 12.1 Å². The molecule has 6 nitrogen and oxygen atoms in total. The molecule has 2 aromatic carbocycles. The van der Waals surface area contributed by atoms with Crippen LogP contribution in [0.1, 0.15) is 29.3 Å². The fourth-order valence-corrected chi connectivity index (χ4v) is 3.14. The number of hydrogen-bond donors (Lipinski definition) is 2. The number of carboxylic acids is 1. The molecule has 0 unspecified atom stereocenters. The molecule has 0 spiro atoms. The molecule has 8 heteroatoms. The zero-order chi connectivity index (χ0) is 18.4. The lowest BCUT2D eigenvalue weighted by molar-refractivity contribution is 0.0696. The normalized spacial score (nSPS) is 11.3. The van der Waals surface area contributed by atoms with E-state index in [1.54, 1.807) is 24.3 Å². The Bertz CT molecular complexity index is 850. The fourth-order valence-electron chi connectivity index (χ4n) is 2.02. The Labute approximate surface area is 145 Å². The van der Waals surface area contributed by atoms with E-state index < -0.39 is 26.7 Å². The molecule has 0 radical (unpaired) electrons. The smallest absolute Gasteiger partial charge is 0.335 e. The van der Waals surface area contributed by atoms with Crippen LogP contribution in [0.15, 0.2) is 47.4 Å². The van der Waals surface area contributed by atoms with Gasteiger partial charge in [0, 0.05) is 6.54 Å². The zero-order valence-corrected chi connectivity index (χ0v) is 14.3. The SMILES string of the molecule is CCCOc1ccc(CNS(=O)(=O)c2cc(C(=O)O)ccc2F)cc1. The number of carbonyl (C=O) groups is 1. The standard InChI is InChI=1S/C17H18FNO5S/c1-2-9-24-14-6-3-12(4-7-14)11-19-25(22,23)16-10-13(17(20)21)5-8-15(16)18/h3-8,10,19H,2,9,11H2,1H3,(H,20,21). The van der Waals surface area contributed by atoms with Crippen LogP contribution in [-0.4, -0.2) is 26.1 Å². The molecule has 0 aliphatic carbocycles. The molecular weight excluding hydrogens is 349 g/mol. The maximum absolute atomic E-state index is 13.8. The summed E-state index contributed by atoms with van der Waals surface area (Å²) >= 11 is 0. The second-order valence-electron chi connectivity index (χ2n) is 5.27. The Kier molecular flexibility index (Phi) is 6.11. The van der Waals surface area contributed by atoms with E-state index in [1.807, 2.05) is 6.92 Å². The second-order valence-corrected chi connectivity index (χ2v) is 7.00. The quantitative estimate of drug-likeness (QED) is 0.748. The van der Waals surface area contributed by atoms with E-state index in [2.05, 4.69) is 4.72 Å². The van der Waals surface area contributed by atoms with Crippen molar-refractivity contribution < 1.29 is 27.4 Å². The third kappa shape index (κ3) is 5.01. The van der Waals surface area contributed by atoms with Crippen molar-refractivity contribution in [3.05, 3.63) is 59.4 Å². The molecule has 0 aliphatic rings.